The van der Waals surface area contributed by atoms with Crippen molar-refractivity contribution in [2.75, 3.05) is 26.2 Å². The van der Waals surface area contributed by atoms with E-state index in [-0.39, 0.29) is 25.2 Å². The van der Waals surface area contributed by atoms with Gasteiger partial charge in [-0.1, -0.05) is 6.92 Å². The lowest BCUT2D eigenvalue weighted by atomic mass is 9.78. The predicted octanol–water partition coefficient (Wildman–Crippen LogP) is 1.14. The molecule has 2 aliphatic rings. The van der Waals surface area contributed by atoms with Crippen LogP contribution >= 0.6 is 0 Å². The lowest BCUT2D eigenvalue weighted by Gasteiger charge is -2.41. The van der Waals surface area contributed by atoms with Gasteiger partial charge in [-0.3, -0.25) is 4.79 Å². The van der Waals surface area contributed by atoms with Crippen molar-refractivity contribution in [3.05, 3.63) is 0 Å². The minimum Gasteiger partial charge on any atom is -0.481 e. The third-order valence-electron chi connectivity index (χ3n) is 4.55. The van der Waals surface area contributed by atoms with Gasteiger partial charge >= 0.3 is 12.0 Å². The van der Waals surface area contributed by atoms with Crippen LogP contribution in [0.3, 0.4) is 0 Å². The fourth-order valence-corrected chi connectivity index (χ4v) is 3.02. The Morgan fingerprint density at radius 1 is 1.40 bits per heavy atom. The molecule has 1 aliphatic carbocycles. The largest absolute Gasteiger partial charge is 0.481 e. The predicted molar refractivity (Wildman–Crippen MR) is 73.4 cm³/mol. The number of carboxylic acid groups (broad SMARTS) is 1. The fourth-order valence-electron chi connectivity index (χ4n) is 3.02. The Morgan fingerprint density at radius 2 is 2.10 bits per heavy atom. The summed E-state index contributed by atoms with van der Waals surface area (Å²) < 4.78 is 0. The maximum Gasteiger partial charge on any atom is 0.320 e. The lowest BCUT2D eigenvalue weighted by molar-refractivity contribution is -0.152. The van der Waals surface area contributed by atoms with Gasteiger partial charge in [-0.15, -0.1) is 0 Å². The van der Waals surface area contributed by atoms with E-state index in [1.807, 2.05) is 6.92 Å². The van der Waals surface area contributed by atoms with Crippen molar-refractivity contribution in [3.63, 3.8) is 0 Å². The van der Waals surface area contributed by atoms with E-state index in [0.29, 0.717) is 25.9 Å². The van der Waals surface area contributed by atoms with E-state index in [4.69, 9.17) is 5.11 Å². The van der Waals surface area contributed by atoms with Crippen molar-refractivity contribution in [1.82, 2.24) is 9.80 Å². The van der Waals surface area contributed by atoms with Crippen LogP contribution in [0.2, 0.25) is 0 Å². The highest BCUT2D eigenvalue weighted by Crippen LogP contribution is 2.35. The first kappa shape index (κ1) is 15.1. The number of hydrogen-bond donors (Lipinski definition) is 2. The van der Waals surface area contributed by atoms with E-state index in [9.17, 15) is 14.7 Å². The molecule has 1 saturated carbocycles. The van der Waals surface area contributed by atoms with Gasteiger partial charge in [0, 0.05) is 25.7 Å². The number of carboxylic acids is 1. The van der Waals surface area contributed by atoms with Crippen LogP contribution in [0.1, 0.15) is 39.0 Å². The van der Waals surface area contributed by atoms with E-state index >= 15 is 0 Å². The first-order valence-electron chi connectivity index (χ1n) is 7.44. The summed E-state index contributed by atoms with van der Waals surface area (Å²) in [5.41, 5.74) is -0.803. The molecule has 2 fully saturated rings. The Balaban J connectivity index is 2.07. The van der Waals surface area contributed by atoms with Crippen LogP contribution in [0, 0.1) is 5.41 Å². The van der Waals surface area contributed by atoms with Crippen LogP contribution in [0.5, 0.6) is 0 Å². The van der Waals surface area contributed by atoms with Crippen molar-refractivity contribution >= 4 is 12.0 Å². The number of aliphatic hydroxyl groups excluding tert-OH is 1. The summed E-state index contributed by atoms with van der Waals surface area (Å²) in [5.74, 6) is -0.808. The number of likely N-dealkylation sites (tertiary alicyclic amines) is 1. The van der Waals surface area contributed by atoms with Gasteiger partial charge < -0.3 is 20.0 Å². The number of aliphatic hydroxyl groups is 1. The number of urea groups is 1. The van der Waals surface area contributed by atoms with Gasteiger partial charge in [-0.2, -0.15) is 0 Å². The second-order valence-electron chi connectivity index (χ2n) is 5.89. The van der Waals surface area contributed by atoms with Crippen LogP contribution in [-0.4, -0.2) is 64.3 Å². The molecule has 1 unspecified atom stereocenters. The van der Waals surface area contributed by atoms with Crippen molar-refractivity contribution < 1.29 is 19.8 Å². The molecule has 1 aliphatic heterocycles. The number of carbonyl (C=O) groups is 2. The van der Waals surface area contributed by atoms with Crippen molar-refractivity contribution in [3.8, 4) is 0 Å². The van der Waals surface area contributed by atoms with Crippen LogP contribution in [0.25, 0.3) is 0 Å². The molecule has 114 valence electrons. The zero-order valence-corrected chi connectivity index (χ0v) is 12.0. The van der Waals surface area contributed by atoms with Crippen LogP contribution in [0.4, 0.5) is 4.79 Å². The summed E-state index contributed by atoms with van der Waals surface area (Å²) in [6.07, 6.45) is 3.86. The zero-order chi connectivity index (χ0) is 14.8. The normalized spacial score (nSPS) is 26.4. The molecular formula is C14H24N2O4. The number of carbonyl (C=O) groups excluding carboxylic acids is 1. The fraction of sp³-hybridized carbons (Fsp3) is 0.857. The van der Waals surface area contributed by atoms with E-state index in [2.05, 4.69) is 0 Å². The third kappa shape index (κ3) is 2.90. The average molecular weight is 284 g/mol. The van der Waals surface area contributed by atoms with Crippen LogP contribution in [0.15, 0.2) is 0 Å². The molecule has 0 aromatic heterocycles. The number of aliphatic carboxylic acids is 1. The van der Waals surface area contributed by atoms with E-state index < -0.39 is 11.4 Å². The summed E-state index contributed by atoms with van der Waals surface area (Å²) in [4.78, 5) is 27.4. The molecule has 6 nitrogen and oxygen atoms in total. The molecule has 1 atom stereocenters. The zero-order valence-electron chi connectivity index (χ0n) is 12.0. The maximum atomic E-state index is 12.5. The Kier molecular flexibility index (Phi) is 4.52. The Morgan fingerprint density at radius 3 is 2.60 bits per heavy atom. The maximum absolute atomic E-state index is 12.5. The quantitative estimate of drug-likeness (QED) is 0.793. The van der Waals surface area contributed by atoms with Crippen molar-refractivity contribution in [2.45, 2.75) is 45.1 Å². The molecular weight excluding hydrogens is 260 g/mol. The molecule has 1 heterocycles. The first-order chi connectivity index (χ1) is 9.54. The van der Waals surface area contributed by atoms with Gasteiger partial charge in [-0.05, 0) is 32.1 Å². The molecule has 20 heavy (non-hydrogen) atoms. The standard InChI is InChI=1S/C14H24N2O4/c1-2-14(12(18)19)6-3-7-15(10-14)13(20)16(8-9-17)11-4-5-11/h11,17H,2-10H2,1H3,(H,18,19). The molecule has 0 aromatic rings. The topological polar surface area (TPSA) is 81.1 Å². The summed E-state index contributed by atoms with van der Waals surface area (Å²) in [6.45, 7) is 3.06. The number of nitrogens with zero attached hydrogens (tertiary/aromatic N) is 2. The molecule has 0 aromatic carbocycles. The second kappa shape index (κ2) is 5.99. The molecule has 0 spiro atoms. The first-order valence-corrected chi connectivity index (χ1v) is 7.44. The number of amides is 2. The van der Waals surface area contributed by atoms with Crippen molar-refractivity contribution in [2.24, 2.45) is 5.41 Å². The second-order valence-corrected chi connectivity index (χ2v) is 5.89. The van der Waals surface area contributed by atoms with Crippen LogP contribution in [-0.2, 0) is 4.79 Å². The Bertz CT molecular complexity index is 383. The third-order valence-corrected chi connectivity index (χ3v) is 4.55. The van der Waals surface area contributed by atoms with Gasteiger partial charge in [0.05, 0.1) is 12.0 Å². The summed E-state index contributed by atoms with van der Waals surface area (Å²) in [5, 5.41) is 18.6. The Labute approximate surface area is 119 Å². The summed E-state index contributed by atoms with van der Waals surface area (Å²) in [6, 6.07) is 0.123. The molecule has 0 radical (unpaired) electrons. The highest BCUT2D eigenvalue weighted by Gasteiger charge is 2.44. The average Bonchev–Trinajstić information content (AvgIpc) is 3.28. The smallest absolute Gasteiger partial charge is 0.320 e. The number of rotatable bonds is 5. The molecule has 2 rings (SSSR count). The van der Waals surface area contributed by atoms with Crippen LogP contribution < -0.4 is 0 Å². The van der Waals surface area contributed by atoms with E-state index in [1.54, 1.807) is 9.80 Å². The number of piperidine rings is 1. The van der Waals surface area contributed by atoms with Gasteiger partial charge in [-0.25, -0.2) is 4.79 Å². The van der Waals surface area contributed by atoms with Gasteiger partial charge in [0.1, 0.15) is 0 Å². The SMILES string of the molecule is CCC1(C(=O)O)CCCN(C(=O)N(CCO)C2CC2)C1. The molecule has 2 N–H and O–H groups in total. The molecule has 0 bridgehead atoms. The van der Waals surface area contributed by atoms with Gasteiger partial charge in [0.25, 0.3) is 0 Å². The molecule has 1 saturated heterocycles. The van der Waals surface area contributed by atoms with Gasteiger partial charge in [0.2, 0.25) is 0 Å². The highest BCUT2D eigenvalue weighted by atomic mass is 16.4. The Hall–Kier alpha value is -1.30. The lowest BCUT2D eigenvalue weighted by Crippen LogP contribution is -2.54. The van der Waals surface area contributed by atoms with Gasteiger partial charge in [0.15, 0.2) is 0 Å². The summed E-state index contributed by atoms with van der Waals surface area (Å²) >= 11 is 0. The summed E-state index contributed by atoms with van der Waals surface area (Å²) in [7, 11) is 0. The minimum absolute atomic E-state index is 0.0477. The monoisotopic (exact) mass is 284 g/mol. The number of hydrogen-bond acceptors (Lipinski definition) is 3. The highest BCUT2D eigenvalue weighted by molar-refractivity contribution is 5.79. The molecule has 2 amide bonds. The minimum atomic E-state index is -0.808. The van der Waals surface area contributed by atoms with Crippen molar-refractivity contribution in [1.29, 1.82) is 0 Å². The van der Waals surface area contributed by atoms with E-state index in [1.165, 1.54) is 0 Å². The van der Waals surface area contributed by atoms with E-state index in [0.717, 1.165) is 19.3 Å². The molecule has 6 heteroatoms.